The number of furan rings is 1. The molecular formula is C16H17Cl2N3O2S. The maximum absolute atomic E-state index is 6.16. The van der Waals surface area contributed by atoms with E-state index in [0.29, 0.717) is 33.3 Å². The molecule has 5 nitrogen and oxygen atoms in total. The molecule has 0 radical (unpaired) electrons. The number of hydrogen-bond donors (Lipinski definition) is 2. The Morgan fingerprint density at radius 1 is 1.38 bits per heavy atom. The van der Waals surface area contributed by atoms with E-state index in [1.54, 1.807) is 37.4 Å². The van der Waals surface area contributed by atoms with Crippen molar-refractivity contribution in [3.63, 3.8) is 0 Å². The number of rotatable bonds is 6. The van der Waals surface area contributed by atoms with Gasteiger partial charge in [0.25, 0.3) is 0 Å². The fourth-order valence-corrected chi connectivity index (χ4v) is 2.59. The third-order valence-electron chi connectivity index (χ3n) is 2.97. The van der Waals surface area contributed by atoms with Crippen molar-refractivity contribution in [2.45, 2.75) is 13.0 Å². The van der Waals surface area contributed by atoms with E-state index in [1.807, 2.05) is 6.92 Å². The maximum Gasteiger partial charge on any atom is 0.187 e. The van der Waals surface area contributed by atoms with E-state index in [-0.39, 0.29) is 6.04 Å². The molecule has 0 aliphatic rings. The Kier molecular flexibility index (Phi) is 7.05. The third kappa shape index (κ3) is 5.49. The molecule has 1 heterocycles. The molecule has 0 saturated carbocycles. The molecule has 2 N–H and O–H groups in total. The van der Waals surface area contributed by atoms with E-state index in [9.17, 15) is 0 Å². The largest absolute Gasteiger partial charge is 0.455 e. The van der Waals surface area contributed by atoms with E-state index >= 15 is 0 Å². The van der Waals surface area contributed by atoms with Crippen LogP contribution in [0.15, 0.2) is 39.9 Å². The van der Waals surface area contributed by atoms with Gasteiger partial charge in [-0.25, -0.2) is 0 Å². The van der Waals surface area contributed by atoms with E-state index in [2.05, 4.69) is 15.8 Å². The third-order valence-corrected chi connectivity index (χ3v) is 3.75. The highest BCUT2D eigenvalue weighted by atomic mass is 35.5. The van der Waals surface area contributed by atoms with Gasteiger partial charge in [-0.15, -0.1) is 0 Å². The number of nitrogens with one attached hydrogen (secondary N) is 2. The molecule has 24 heavy (non-hydrogen) atoms. The van der Waals surface area contributed by atoms with Crippen LogP contribution in [0.3, 0.4) is 0 Å². The molecule has 8 heteroatoms. The number of thiocarbonyl (C=S) groups is 1. The summed E-state index contributed by atoms with van der Waals surface area (Å²) in [5.74, 6) is 1.17. The van der Waals surface area contributed by atoms with Crippen LogP contribution >= 0.6 is 35.4 Å². The zero-order valence-electron chi connectivity index (χ0n) is 13.2. The molecule has 0 aliphatic carbocycles. The Hall–Kier alpha value is -1.60. The predicted molar refractivity (Wildman–Crippen MR) is 102 cm³/mol. The second-order valence-corrected chi connectivity index (χ2v) is 6.28. The van der Waals surface area contributed by atoms with Crippen LogP contribution in [0.5, 0.6) is 0 Å². The Morgan fingerprint density at radius 3 is 2.92 bits per heavy atom. The fourth-order valence-electron chi connectivity index (χ4n) is 1.96. The van der Waals surface area contributed by atoms with Crippen LogP contribution in [0.1, 0.15) is 12.7 Å². The average molecular weight is 386 g/mol. The van der Waals surface area contributed by atoms with Gasteiger partial charge in [-0.3, -0.25) is 5.43 Å². The lowest BCUT2D eigenvalue weighted by molar-refractivity contribution is 0.179. The first-order valence-electron chi connectivity index (χ1n) is 7.13. The minimum atomic E-state index is 0.0883. The summed E-state index contributed by atoms with van der Waals surface area (Å²) < 4.78 is 10.7. The molecule has 128 valence electrons. The monoisotopic (exact) mass is 385 g/mol. The van der Waals surface area contributed by atoms with Gasteiger partial charge in [0.05, 0.1) is 17.8 Å². The van der Waals surface area contributed by atoms with Gasteiger partial charge < -0.3 is 14.5 Å². The van der Waals surface area contributed by atoms with Crippen molar-refractivity contribution in [2.75, 3.05) is 13.7 Å². The van der Waals surface area contributed by atoms with Gasteiger partial charge in [0.1, 0.15) is 11.5 Å². The predicted octanol–water partition coefficient (Wildman–Crippen LogP) is 4.09. The van der Waals surface area contributed by atoms with Crippen molar-refractivity contribution < 1.29 is 9.15 Å². The smallest absolute Gasteiger partial charge is 0.187 e. The minimum absolute atomic E-state index is 0.0883. The number of hydrazone groups is 1. The Balaban J connectivity index is 1.96. The molecule has 0 unspecified atom stereocenters. The van der Waals surface area contributed by atoms with E-state index in [1.165, 1.54) is 6.21 Å². The second kappa shape index (κ2) is 9.03. The molecule has 0 fully saturated rings. The first kappa shape index (κ1) is 18.7. The molecule has 2 aromatic rings. The first-order chi connectivity index (χ1) is 11.5. The number of benzene rings is 1. The number of ether oxygens (including phenoxy) is 1. The highest BCUT2D eigenvalue weighted by Crippen LogP contribution is 2.31. The van der Waals surface area contributed by atoms with Crippen molar-refractivity contribution in [1.82, 2.24) is 10.7 Å². The van der Waals surface area contributed by atoms with Crippen molar-refractivity contribution >= 4 is 46.7 Å². The van der Waals surface area contributed by atoms with E-state index < -0.39 is 0 Å². The van der Waals surface area contributed by atoms with Gasteiger partial charge in [0.2, 0.25) is 0 Å². The average Bonchev–Trinajstić information content (AvgIpc) is 2.98. The first-order valence-corrected chi connectivity index (χ1v) is 8.29. The lowest BCUT2D eigenvalue weighted by Gasteiger charge is -2.13. The highest BCUT2D eigenvalue weighted by molar-refractivity contribution is 7.80. The normalized spacial score (nSPS) is 12.3. The molecule has 0 amide bonds. The van der Waals surface area contributed by atoms with Crippen molar-refractivity contribution in [2.24, 2.45) is 5.10 Å². The molecule has 1 atom stereocenters. The summed E-state index contributed by atoms with van der Waals surface area (Å²) in [7, 11) is 1.63. The van der Waals surface area contributed by atoms with Crippen LogP contribution in [-0.2, 0) is 4.74 Å². The molecule has 1 aromatic carbocycles. The summed E-state index contributed by atoms with van der Waals surface area (Å²) in [6, 6.07) is 8.87. The van der Waals surface area contributed by atoms with Crippen molar-refractivity contribution in [3.8, 4) is 11.3 Å². The molecule has 0 saturated heterocycles. The Labute approximate surface area is 156 Å². The summed E-state index contributed by atoms with van der Waals surface area (Å²) in [5.41, 5.74) is 3.44. The van der Waals surface area contributed by atoms with Crippen LogP contribution in [0.4, 0.5) is 0 Å². The number of nitrogens with zero attached hydrogens (tertiary/aromatic N) is 1. The number of methoxy groups -OCH3 is 1. The van der Waals surface area contributed by atoms with Crippen LogP contribution < -0.4 is 10.7 Å². The summed E-state index contributed by atoms with van der Waals surface area (Å²) >= 11 is 17.3. The fraction of sp³-hybridized carbons (Fsp3) is 0.250. The summed E-state index contributed by atoms with van der Waals surface area (Å²) in [5, 5.41) is 8.61. The van der Waals surface area contributed by atoms with Gasteiger partial charge in [-0.05, 0) is 49.5 Å². The molecule has 2 rings (SSSR count). The SMILES string of the molecule is COC[C@@H](C)NC(=S)N/N=C\c1ccc(-c2cc(Cl)ccc2Cl)o1. The van der Waals surface area contributed by atoms with Crippen molar-refractivity contribution in [1.29, 1.82) is 0 Å². The van der Waals surface area contributed by atoms with Crippen LogP contribution in [0.2, 0.25) is 10.0 Å². The minimum Gasteiger partial charge on any atom is -0.455 e. The Bertz CT molecular complexity index is 734. The standard InChI is InChI=1S/C16H17Cl2N3O2S/c1-10(9-22-2)20-16(24)21-19-8-12-4-6-15(23-12)13-7-11(17)3-5-14(13)18/h3-8,10H,9H2,1-2H3,(H2,20,21,24)/b19-8-/t10-/m1/s1. The lowest BCUT2D eigenvalue weighted by atomic mass is 10.2. The second-order valence-electron chi connectivity index (χ2n) is 5.03. The summed E-state index contributed by atoms with van der Waals surface area (Å²) in [6.07, 6.45) is 1.52. The quantitative estimate of drug-likeness (QED) is 0.445. The summed E-state index contributed by atoms with van der Waals surface area (Å²) in [6.45, 7) is 2.50. The molecule has 0 spiro atoms. The van der Waals surface area contributed by atoms with Gasteiger partial charge in [-0.2, -0.15) is 5.10 Å². The van der Waals surface area contributed by atoms with Gasteiger partial charge in [0.15, 0.2) is 5.11 Å². The van der Waals surface area contributed by atoms with Gasteiger partial charge in [-0.1, -0.05) is 23.2 Å². The number of hydrogen-bond acceptors (Lipinski definition) is 4. The Morgan fingerprint density at radius 2 is 2.17 bits per heavy atom. The zero-order valence-corrected chi connectivity index (χ0v) is 15.5. The van der Waals surface area contributed by atoms with Crippen LogP contribution in [-0.4, -0.2) is 31.1 Å². The van der Waals surface area contributed by atoms with Crippen molar-refractivity contribution in [3.05, 3.63) is 46.1 Å². The molecule has 1 aromatic heterocycles. The van der Waals surface area contributed by atoms with Gasteiger partial charge >= 0.3 is 0 Å². The highest BCUT2D eigenvalue weighted by Gasteiger charge is 2.09. The van der Waals surface area contributed by atoms with E-state index in [0.717, 1.165) is 5.56 Å². The number of halogens is 2. The maximum atomic E-state index is 6.16. The van der Waals surface area contributed by atoms with Crippen LogP contribution in [0, 0.1) is 0 Å². The molecule has 0 aliphatic heterocycles. The van der Waals surface area contributed by atoms with Gasteiger partial charge in [0, 0.05) is 23.7 Å². The zero-order chi connectivity index (χ0) is 17.5. The molecule has 0 bridgehead atoms. The summed E-state index contributed by atoms with van der Waals surface area (Å²) in [4.78, 5) is 0. The topological polar surface area (TPSA) is 58.8 Å². The van der Waals surface area contributed by atoms with E-state index in [4.69, 9.17) is 44.6 Å². The molecular weight excluding hydrogens is 369 g/mol. The van der Waals surface area contributed by atoms with Crippen LogP contribution in [0.25, 0.3) is 11.3 Å². The lowest BCUT2D eigenvalue weighted by Crippen LogP contribution is -2.40.